The normalized spacial score (nSPS) is 19.4. The van der Waals surface area contributed by atoms with E-state index in [4.69, 9.17) is 5.26 Å². The molecule has 0 aliphatic carbocycles. The molecule has 1 aliphatic heterocycles. The second-order valence-corrected chi connectivity index (χ2v) is 4.73. The van der Waals surface area contributed by atoms with Crippen LogP contribution < -0.4 is 10.2 Å². The summed E-state index contributed by atoms with van der Waals surface area (Å²) in [6, 6.07) is 4.25. The molecule has 1 aliphatic rings. The molecular formula is C13H19N5. The summed E-state index contributed by atoms with van der Waals surface area (Å²) >= 11 is 0. The number of anilines is 2. The minimum atomic E-state index is 0.469. The minimum absolute atomic E-state index is 0.469. The minimum Gasteiger partial charge on any atom is -0.373 e. The molecule has 1 unspecified atom stereocenters. The summed E-state index contributed by atoms with van der Waals surface area (Å²) in [5.41, 5.74) is 0. The number of hydrogen-bond donors (Lipinski definition) is 1. The molecule has 5 nitrogen and oxygen atoms in total. The SMILES string of the molecule is CNc1cc(N2CCCC(CC#N)C2)nc(C)n1. The van der Waals surface area contributed by atoms with Crippen molar-refractivity contribution in [1.82, 2.24) is 9.97 Å². The van der Waals surface area contributed by atoms with Crippen LogP contribution in [0.2, 0.25) is 0 Å². The maximum Gasteiger partial charge on any atom is 0.134 e. The summed E-state index contributed by atoms with van der Waals surface area (Å²) < 4.78 is 0. The average Bonchev–Trinajstić information content (AvgIpc) is 2.39. The molecule has 0 bridgehead atoms. The third-order valence-corrected chi connectivity index (χ3v) is 3.30. The molecule has 1 aromatic heterocycles. The van der Waals surface area contributed by atoms with E-state index in [2.05, 4.69) is 26.3 Å². The lowest BCUT2D eigenvalue weighted by Gasteiger charge is -2.32. The molecular weight excluding hydrogens is 226 g/mol. The molecule has 0 aromatic carbocycles. The second kappa shape index (κ2) is 5.67. The number of aryl methyl sites for hydroxylation is 1. The van der Waals surface area contributed by atoms with Crippen molar-refractivity contribution in [3.63, 3.8) is 0 Å². The van der Waals surface area contributed by atoms with Crippen LogP contribution in [0.15, 0.2) is 6.07 Å². The van der Waals surface area contributed by atoms with E-state index in [-0.39, 0.29) is 0 Å². The van der Waals surface area contributed by atoms with E-state index in [1.807, 2.05) is 20.0 Å². The number of nitriles is 1. The number of nitrogens with one attached hydrogen (secondary N) is 1. The Morgan fingerprint density at radius 3 is 3.11 bits per heavy atom. The Morgan fingerprint density at radius 2 is 2.39 bits per heavy atom. The van der Waals surface area contributed by atoms with Crippen LogP contribution in [0.25, 0.3) is 0 Å². The quantitative estimate of drug-likeness (QED) is 0.881. The van der Waals surface area contributed by atoms with Gasteiger partial charge in [0.25, 0.3) is 0 Å². The standard InChI is InChI=1S/C13H19N5/c1-10-16-12(15-2)8-13(17-10)18-7-3-4-11(9-18)5-6-14/h8,11H,3-5,7,9H2,1-2H3,(H,15,16,17). The average molecular weight is 245 g/mol. The molecule has 0 amide bonds. The molecule has 1 atom stereocenters. The smallest absolute Gasteiger partial charge is 0.134 e. The lowest BCUT2D eigenvalue weighted by Crippen LogP contribution is -2.36. The summed E-state index contributed by atoms with van der Waals surface area (Å²) in [6.45, 7) is 3.84. The summed E-state index contributed by atoms with van der Waals surface area (Å²) in [5.74, 6) is 3.06. The van der Waals surface area contributed by atoms with Crippen LogP contribution >= 0.6 is 0 Å². The Morgan fingerprint density at radius 1 is 1.56 bits per heavy atom. The lowest BCUT2D eigenvalue weighted by molar-refractivity contribution is 0.420. The van der Waals surface area contributed by atoms with Crippen LogP contribution in [0.3, 0.4) is 0 Å². The summed E-state index contributed by atoms with van der Waals surface area (Å²) in [6.07, 6.45) is 2.91. The second-order valence-electron chi connectivity index (χ2n) is 4.73. The number of hydrogen-bond acceptors (Lipinski definition) is 5. The molecule has 1 saturated heterocycles. The van der Waals surface area contributed by atoms with Crippen LogP contribution in [0.4, 0.5) is 11.6 Å². The first-order chi connectivity index (χ1) is 8.72. The molecule has 5 heteroatoms. The fraction of sp³-hybridized carbons (Fsp3) is 0.615. The fourth-order valence-electron chi connectivity index (χ4n) is 2.41. The van der Waals surface area contributed by atoms with E-state index >= 15 is 0 Å². The van der Waals surface area contributed by atoms with Gasteiger partial charge in [-0.3, -0.25) is 0 Å². The van der Waals surface area contributed by atoms with Gasteiger partial charge in [-0.1, -0.05) is 0 Å². The maximum atomic E-state index is 8.80. The fourth-order valence-corrected chi connectivity index (χ4v) is 2.41. The molecule has 1 N–H and O–H groups in total. The predicted molar refractivity (Wildman–Crippen MR) is 71.5 cm³/mol. The number of aromatic nitrogens is 2. The molecule has 1 fully saturated rings. The Balaban J connectivity index is 2.15. The van der Waals surface area contributed by atoms with E-state index < -0.39 is 0 Å². The van der Waals surface area contributed by atoms with Gasteiger partial charge in [-0.05, 0) is 25.7 Å². The van der Waals surface area contributed by atoms with Gasteiger partial charge < -0.3 is 10.2 Å². The van der Waals surface area contributed by atoms with Gasteiger partial charge in [-0.25, -0.2) is 9.97 Å². The zero-order valence-electron chi connectivity index (χ0n) is 11.0. The third kappa shape index (κ3) is 2.89. The van der Waals surface area contributed by atoms with Gasteiger partial charge in [-0.2, -0.15) is 5.26 Å². The lowest BCUT2D eigenvalue weighted by atomic mass is 9.95. The monoisotopic (exact) mass is 245 g/mol. The van der Waals surface area contributed by atoms with Crippen molar-refractivity contribution in [2.75, 3.05) is 30.4 Å². The highest BCUT2D eigenvalue weighted by Gasteiger charge is 2.21. The Hall–Kier alpha value is -1.83. The van der Waals surface area contributed by atoms with E-state index in [9.17, 15) is 0 Å². The van der Waals surface area contributed by atoms with Crippen molar-refractivity contribution in [2.45, 2.75) is 26.2 Å². The molecule has 1 aromatic rings. The van der Waals surface area contributed by atoms with Gasteiger partial charge in [0.1, 0.15) is 17.5 Å². The van der Waals surface area contributed by atoms with E-state index in [1.165, 1.54) is 0 Å². The summed E-state index contributed by atoms with van der Waals surface area (Å²) in [7, 11) is 1.86. The first-order valence-corrected chi connectivity index (χ1v) is 6.38. The van der Waals surface area contributed by atoms with Crippen molar-refractivity contribution >= 4 is 11.6 Å². The van der Waals surface area contributed by atoms with Gasteiger partial charge in [0.15, 0.2) is 0 Å². The van der Waals surface area contributed by atoms with Gasteiger partial charge in [0.05, 0.1) is 6.07 Å². The van der Waals surface area contributed by atoms with Crippen molar-refractivity contribution in [3.05, 3.63) is 11.9 Å². The summed E-state index contributed by atoms with van der Waals surface area (Å²) in [4.78, 5) is 11.1. The highest BCUT2D eigenvalue weighted by atomic mass is 15.2. The maximum absolute atomic E-state index is 8.80. The van der Waals surface area contributed by atoms with Gasteiger partial charge in [0, 0.05) is 32.6 Å². The number of piperidine rings is 1. The van der Waals surface area contributed by atoms with Gasteiger partial charge in [0.2, 0.25) is 0 Å². The van der Waals surface area contributed by atoms with Crippen molar-refractivity contribution < 1.29 is 0 Å². The first kappa shape index (κ1) is 12.6. The Labute approximate surface area is 108 Å². The Kier molecular flexibility index (Phi) is 3.98. The highest BCUT2D eigenvalue weighted by Crippen LogP contribution is 2.24. The first-order valence-electron chi connectivity index (χ1n) is 6.38. The molecule has 2 heterocycles. The van der Waals surface area contributed by atoms with Crippen LogP contribution in [-0.2, 0) is 0 Å². The van der Waals surface area contributed by atoms with Crippen molar-refractivity contribution in [3.8, 4) is 6.07 Å². The Bertz CT molecular complexity index is 451. The molecule has 18 heavy (non-hydrogen) atoms. The highest BCUT2D eigenvalue weighted by molar-refractivity contribution is 5.49. The topological polar surface area (TPSA) is 64.8 Å². The number of rotatable bonds is 3. The van der Waals surface area contributed by atoms with E-state index in [0.29, 0.717) is 12.3 Å². The number of nitrogens with zero attached hydrogens (tertiary/aromatic N) is 4. The van der Waals surface area contributed by atoms with Crippen molar-refractivity contribution in [1.29, 1.82) is 5.26 Å². The zero-order chi connectivity index (χ0) is 13.0. The van der Waals surface area contributed by atoms with E-state index in [1.54, 1.807) is 0 Å². The van der Waals surface area contributed by atoms with Crippen LogP contribution in [-0.4, -0.2) is 30.1 Å². The summed E-state index contributed by atoms with van der Waals surface area (Å²) in [5, 5.41) is 11.9. The predicted octanol–water partition coefficient (Wildman–Crippen LogP) is 1.96. The third-order valence-electron chi connectivity index (χ3n) is 3.30. The van der Waals surface area contributed by atoms with Gasteiger partial charge >= 0.3 is 0 Å². The molecule has 0 radical (unpaired) electrons. The van der Waals surface area contributed by atoms with Crippen LogP contribution in [0.1, 0.15) is 25.1 Å². The molecule has 0 saturated carbocycles. The van der Waals surface area contributed by atoms with Crippen molar-refractivity contribution in [2.24, 2.45) is 5.92 Å². The largest absolute Gasteiger partial charge is 0.373 e. The zero-order valence-corrected chi connectivity index (χ0v) is 11.0. The molecule has 96 valence electrons. The van der Waals surface area contributed by atoms with Crippen LogP contribution in [0, 0.1) is 24.2 Å². The van der Waals surface area contributed by atoms with Gasteiger partial charge in [-0.15, -0.1) is 0 Å². The molecule has 2 rings (SSSR count). The van der Waals surface area contributed by atoms with E-state index in [0.717, 1.165) is 43.4 Å². The van der Waals surface area contributed by atoms with Crippen LogP contribution in [0.5, 0.6) is 0 Å². The molecule has 0 spiro atoms.